The van der Waals surface area contributed by atoms with Gasteiger partial charge in [0, 0.05) is 43.4 Å². The number of hydrogen-bond donors (Lipinski definition) is 4. The molecule has 2 aliphatic heterocycles. The van der Waals surface area contributed by atoms with Crippen LogP contribution in [0.25, 0.3) is 0 Å². The molecule has 0 saturated carbocycles. The highest BCUT2D eigenvalue weighted by Crippen LogP contribution is 2.30. The summed E-state index contributed by atoms with van der Waals surface area (Å²) in [6, 6.07) is 3.68. The summed E-state index contributed by atoms with van der Waals surface area (Å²) < 4.78 is 14.9. The highest BCUT2D eigenvalue weighted by molar-refractivity contribution is 8.00. The zero-order valence-electron chi connectivity index (χ0n) is 20.5. The van der Waals surface area contributed by atoms with Crippen LogP contribution >= 0.6 is 11.8 Å². The fourth-order valence-corrected chi connectivity index (χ4v) is 5.81. The van der Waals surface area contributed by atoms with Crippen LogP contribution in [0, 0.1) is 22.6 Å². The van der Waals surface area contributed by atoms with Crippen LogP contribution in [0.5, 0.6) is 0 Å². The van der Waals surface area contributed by atoms with E-state index in [1.54, 1.807) is 36.6 Å². The molecule has 2 fully saturated rings. The molecule has 35 heavy (non-hydrogen) atoms. The average Bonchev–Trinajstić information content (AvgIpc) is 3.36. The molecule has 1 aromatic carbocycles. The fraction of sp³-hybridized carbons (Fsp3) is 0.600. The number of carboxylic acid groups (broad SMARTS) is 1. The lowest BCUT2D eigenvalue weighted by Gasteiger charge is -2.40. The van der Waals surface area contributed by atoms with Gasteiger partial charge in [-0.25, -0.2) is 4.39 Å². The Morgan fingerprint density at radius 1 is 1.31 bits per heavy atom. The molecule has 0 bridgehead atoms. The lowest BCUT2D eigenvalue weighted by atomic mass is 9.80. The largest absolute Gasteiger partial charge is 0.481 e. The maximum atomic E-state index is 14.9. The summed E-state index contributed by atoms with van der Waals surface area (Å²) in [6.45, 7) is 7.20. The molecule has 3 rings (SSSR count). The Kier molecular flexibility index (Phi) is 8.93. The van der Waals surface area contributed by atoms with Crippen LogP contribution in [0.15, 0.2) is 18.2 Å². The molecule has 0 aromatic heterocycles. The summed E-state index contributed by atoms with van der Waals surface area (Å²) in [5.74, 6) is -1.27. The van der Waals surface area contributed by atoms with Gasteiger partial charge in [0.05, 0.1) is 22.1 Å². The Hall–Kier alpha value is -2.46. The van der Waals surface area contributed by atoms with Gasteiger partial charge in [0.15, 0.2) is 0 Å². The van der Waals surface area contributed by atoms with Crippen LogP contribution in [0.2, 0.25) is 0 Å². The van der Waals surface area contributed by atoms with Gasteiger partial charge in [-0.15, -0.1) is 11.8 Å². The van der Waals surface area contributed by atoms with E-state index in [9.17, 15) is 18.8 Å². The quantitative estimate of drug-likeness (QED) is 0.382. The Morgan fingerprint density at radius 2 is 2.00 bits per heavy atom. The van der Waals surface area contributed by atoms with E-state index >= 15 is 0 Å². The van der Waals surface area contributed by atoms with Crippen molar-refractivity contribution < 1.29 is 23.9 Å². The van der Waals surface area contributed by atoms with Crippen LogP contribution in [-0.2, 0) is 9.59 Å². The number of thioether (sulfide) groups is 1. The van der Waals surface area contributed by atoms with Gasteiger partial charge in [0.25, 0.3) is 5.91 Å². The van der Waals surface area contributed by atoms with E-state index in [1.165, 1.54) is 12.1 Å². The van der Waals surface area contributed by atoms with Crippen molar-refractivity contribution in [3.63, 3.8) is 0 Å². The first-order valence-corrected chi connectivity index (χ1v) is 13.1. The Labute approximate surface area is 209 Å². The highest BCUT2D eigenvalue weighted by Gasteiger charge is 2.41. The summed E-state index contributed by atoms with van der Waals surface area (Å²) in [5.41, 5.74) is -0.332. The second kappa shape index (κ2) is 11.5. The summed E-state index contributed by atoms with van der Waals surface area (Å²) in [7, 11) is 0. The number of hydrogen-bond acceptors (Lipinski definition) is 6. The fourth-order valence-electron chi connectivity index (χ4n) is 4.80. The van der Waals surface area contributed by atoms with Gasteiger partial charge < -0.3 is 20.7 Å². The molecule has 10 heteroatoms. The van der Waals surface area contributed by atoms with Crippen molar-refractivity contribution >= 4 is 35.3 Å². The minimum absolute atomic E-state index is 0.0665. The minimum Gasteiger partial charge on any atom is -0.481 e. The zero-order chi connectivity index (χ0) is 25.8. The van der Waals surface area contributed by atoms with E-state index in [-0.39, 0.29) is 34.9 Å². The maximum Gasteiger partial charge on any atom is 0.303 e. The minimum atomic E-state index is -0.923. The van der Waals surface area contributed by atoms with Crippen molar-refractivity contribution in [1.82, 2.24) is 15.5 Å². The molecular formula is C25H35FN4O4S. The number of carboxylic acids is 1. The lowest BCUT2D eigenvalue weighted by Crippen LogP contribution is -2.54. The summed E-state index contributed by atoms with van der Waals surface area (Å²) in [6.07, 6.45) is 1.87. The van der Waals surface area contributed by atoms with Crippen LogP contribution in [0.3, 0.4) is 0 Å². The molecule has 0 aliphatic carbocycles. The number of carbonyl (C=O) groups excluding carboxylic acids is 2. The van der Waals surface area contributed by atoms with Crippen molar-refractivity contribution in [2.24, 2.45) is 11.3 Å². The van der Waals surface area contributed by atoms with Crippen LogP contribution in [0.4, 0.5) is 4.39 Å². The van der Waals surface area contributed by atoms with E-state index in [0.29, 0.717) is 37.9 Å². The number of carbonyl (C=O) groups is 3. The van der Waals surface area contributed by atoms with Crippen LogP contribution in [0.1, 0.15) is 62.4 Å². The van der Waals surface area contributed by atoms with Gasteiger partial charge in [0.2, 0.25) is 5.91 Å². The number of likely N-dealkylation sites (tertiary alicyclic amines) is 1. The van der Waals surface area contributed by atoms with E-state index in [2.05, 4.69) is 10.6 Å². The molecule has 0 radical (unpaired) electrons. The Morgan fingerprint density at radius 3 is 2.54 bits per heavy atom. The second-order valence-electron chi connectivity index (χ2n) is 9.80. The molecule has 1 aromatic rings. The van der Waals surface area contributed by atoms with Gasteiger partial charge in [0.1, 0.15) is 5.82 Å². The smallest absolute Gasteiger partial charge is 0.303 e. The Bertz CT molecular complexity index is 972. The molecule has 2 saturated heterocycles. The SMILES string of the molecule is CC[C@@H](NC(=O)c1ccc(C(=N)C2NCCS2)cc1F)C(C)(C)C(=O)N1CCC(CC(=O)O)CC1. The topological polar surface area (TPSA) is 123 Å². The van der Waals surface area contributed by atoms with E-state index < -0.39 is 29.2 Å². The van der Waals surface area contributed by atoms with Crippen molar-refractivity contribution in [2.45, 2.75) is 57.9 Å². The van der Waals surface area contributed by atoms with Crippen molar-refractivity contribution in [2.75, 3.05) is 25.4 Å². The summed E-state index contributed by atoms with van der Waals surface area (Å²) in [5, 5.41) is 23.1. The number of aliphatic carboxylic acids is 1. The van der Waals surface area contributed by atoms with Gasteiger partial charge >= 0.3 is 5.97 Å². The summed E-state index contributed by atoms with van der Waals surface area (Å²) in [4.78, 5) is 39.0. The molecule has 2 aliphatic rings. The first kappa shape index (κ1) is 27.1. The van der Waals surface area contributed by atoms with Gasteiger partial charge in [-0.2, -0.15) is 0 Å². The number of nitrogens with zero attached hydrogens (tertiary/aromatic N) is 1. The normalized spacial score (nSPS) is 19.9. The monoisotopic (exact) mass is 506 g/mol. The zero-order valence-corrected chi connectivity index (χ0v) is 21.3. The second-order valence-corrected chi connectivity index (χ2v) is 11.0. The standard InChI is InChI=1S/C25H35FN4O4S/c1-4-19(25(2,3)24(34)30-10-7-15(8-11-30)13-20(31)32)29-22(33)17-6-5-16(14-18(17)26)21(27)23-28-9-12-35-23/h5-6,14-15,19,23,27-28H,4,7-13H2,1-3H3,(H,29,33)(H,31,32)/t19-,23?/m1/s1. The predicted octanol–water partition coefficient (Wildman–Crippen LogP) is 3.10. The molecule has 4 N–H and O–H groups in total. The molecule has 192 valence electrons. The first-order chi connectivity index (χ1) is 16.5. The van der Waals surface area contributed by atoms with Gasteiger partial charge in [-0.1, -0.05) is 13.0 Å². The van der Waals surface area contributed by atoms with E-state index in [4.69, 9.17) is 10.5 Å². The third-order valence-corrected chi connectivity index (χ3v) is 8.18. The molecule has 1 unspecified atom stereocenters. The number of benzene rings is 1. The molecule has 0 spiro atoms. The molecule has 8 nitrogen and oxygen atoms in total. The highest BCUT2D eigenvalue weighted by atomic mass is 32.2. The van der Waals surface area contributed by atoms with Crippen LogP contribution in [-0.4, -0.2) is 70.3 Å². The number of piperidine rings is 1. The summed E-state index contributed by atoms with van der Waals surface area (Å²) >= 11 is 1.59. The molecule has 2 heterocycles. The molecule has 2 amide bonds. The first-order valence-electron chi connectivity index (χ1n) is 12.1. The van der Waals surface area contributed by atoms with Crippen molar-refractivity contribution in [3.8, 4) is 0 Å². The lowest BCUT2D eigenvalue weighted by molar-refractivity contribution is -0.143. The maximum absolute atomic E-state index is 14.9. The number of amides is 2. The average molecular weight is 507 g/mol. The number of rotatable bonds is 9. The molecule has 2 atom stereocenters. The predicted molar refractivity (Wildman–Crippen MR) is 134 cm³/mol. The van der Waals surface area contributed by atoms with Crippen molar-refractivity contribution in [3.05, 3.63) is 35.1 Å². The molecular weight excluding hydrogens is 471 g/mol. The van der Waals surface area contributed by atoms with E-state index in [1.807, 2.05) is 6.92 Å². The van der Waals surface area contributed by atoms with E-state index in [0.717, 1.165) is 12.3 Å². The number of nitrogens with one attached hydrogen (secondary N) is 3. The van der Waals surface area contributed by atoms with Gasteiger partial charge in [-0.05, 0) is 51.2 Å². The van der Waals surface area contributed by atoms with Crippen LogP contribution < -0.4 is 10.6 Å². The Balaban J connectivity index is 1.65. The number of halogens is 1. The van der Waals surface area contributed by atoms with Crippen molar-refractivity contribution in [1.29, 1.82) is 5.41 Å². The third-order valence-electron chi connectivity index (χ3n) is 7.00. The third kappa shape index (κ3) is 6.41. The van der Waals surface area contributed by atoms with Gasteiger partial charge in [-0.3, -0.25) is 19.7 Å².